The van der Waals surface area contributed by atoms with Crippen molar-refractivity contribution in [3.05, 3.63) is 0 Å². The van der Waals surface area contributed by atoms with Crippen LogP contribution in [0.4, 0.5) is 0 Å². The smallest absolute Gasteiger partial charge is 0.230 e. The molecule has 4 nitrogen and oxygen atoms in total. The summed E-state index contributed by atoms with van der Waals surface area (Å²) < 4.78 is 0. The maximum Gasteiger partial charge on any atom is 0.230 e. The van der Waals surface area contributed by atoms with Crippen molar-refractivity contribution in [3.63, 3.8) is 0 Å². The largest absolute Gasteiger partial charge is 0.342 e. The second-order valence-corrected chi connectivity index (χ2v) is 8.63. The van der Waals surface area contributed by atoms with Gasteiger partial charge in [0.2, 0.25) is 11.8 Å². The van der Waals surface area contributed by atoms with Crippen molar-refractivity contribution in [2.75, 3.05) is 26.2 Å². The number of rotatable bonds is 4. The van der Waals surface area contributed by atoms with Crippen LogP contribution in [0.3, 0.4) is 0 Å². The lowest BCUT2D eigenvalue weighted by atomic mass is 9.78. The minimum absolute atomic E-state index is 0.0289. The molecule has 0 aromatic heterocycles. The van der Waals surface area contributed by atoms with E-state index in [0.29, 0.717) is 12.5 Å². The first kappa shape index (κ1) is 17.8. The number of piperidine rings is 1. The van der Waals surface area contributed by atoms with E-state index in [-0.39, 0.29) is 17.2 Å². The van der Waals surface area contributed by atoms with Crippen molar-refractivity contribution in [3.8, 4) is 0 Å². The van der Waals surface area contributed by atoms with Crippen LogP contribution in [0.15, 0.2) is 0 Å². The normalized spacial score (nSPS) is 29.0. The number of carbonyl (C=O) groups is 2. The van der Waals surface area contributed by atoms with Crippen molar-refractivity contribution in [1.82, 2.24) is 9.80 Å². The van der Waals surface area contributed by atoms with Crippen molar-refractivity contribution in [2.24, 2.45) is 17.3 Å². The third kappa shape index (κ3) is 3.62. The molecule has 4 heteroatoms. The second-order valence-electron chi connectivity index (χ2n) is 8.63. The maximum absolute atomic E-state index is 13.1. The van der Waals surface area contributed by atoms with Crippen LogP contribution in [0.25, 0.3) is 0 Å². The molecule has 2 aliphatic heterocycles. The van der Waals surface area contributed by atoms with Gasteiger partial charge in [0.25, 0.3) is 0 Å². The summed E-state index contributed by atoms with van der Waals surface area (Å²) in [5.41, 5.74) is -0.268. The van der Waals surface area contributed by atoms with Gasteiger partial charge in [-0.2, -0.15) is 0 Å². The third-order valence-electron chi connectivity index (χ3n) is 6.52. The van der Waals surface area contributed by atoms with E-state index in [0.717, 1.165) is 44.8 Å². The van der Waals surface area contributed by atoms with Crippen LogP contribution in [0.2, 0.25) is 0 Å². The minimum Gasteiger partial charge on any atom is -0.342 e. The molecule has 3 fully saturated rings. The molecule has 2 saturated heterocycles. The molecule has 1 atom stereocenters. The first-order chi connectivity index (χ1) is 11.5. The van der Waals surface area contributed by atoms with Gasteiger partial charge in [0.1, 0.15) is 0 Å². The van der Waals surface area contributed by atoms with Crippen LogP contribution < -0.4 is 0 Å². The molecule has 2 heterocycles. The van der Waals surface area contributed by atoms with Gasteiger partial charge in [-0.1, -0.05) is 46.0 Å². The van der Waals surface area contributed by atoms with Crippen LogP contribution in [0, 0.1) is 17.3 Å². The Labute approximate surface area is 146 Å². The van der Waals surface area contributed by atoms with Gasteiger partial charge in [-0.25, -0.2) is 0 Å². The van der Waals surface area contributed by atoms with Gasteiger partial charge in [0, 0.05) is 32.1 Å². The number of hydrogen-bond acceptors (Lipinski definition) is 2. The summed E-state index contributed by atoms with van der Waals surface area (Å²) in [5, 5.41) is 0. The number of hydrogen-bond donors (Lipinski definition) is 0. The fourth-order valence-electron chi connectivity index (χ4n) is 4.98. The number of likely N-dealkylation sites (tertiary alicyclic amines) is 2. The molecule has 2 amide bonds. The summed E-state index contributed by atoms with van der Waals surface area (Å²) in [6, 6.07) is 0. The molecule has 0 N–H and O–H groups in total. The van der Waals surface area contributed by atoms with E-state index in [2.05, 4.69) is 4.90 Å². The average molecular weight is 335 g/mol. The molecule has 0 aromatic carbocycles. The number of carbonyl (C=O) groups excluding carboxylic acids is 2. The van der Waals surface area contributed by atoms with Crippen LogP contribution >= 0.6 is 0 Å². The molecule has 1 saturated carbocycles. The molecule has 0 aromatic rings. The predicted molar refractivity (Wildman–Crippen MR) is 95.5 cm³/mol. The van der Waals surface area contributed by atoms with Gasteiger partial charge in [0.05, 0.1) is 5.41 Å². The first-order valence-corrected chi connectivity index (χ1v) is 10.1. The summed E-state index contributed by atoms with van der Waals surface area (Å²) in [6.07, 6.45) is 10.9. The zero-order valence-electron chi connectivity index (χ0n) is 15.6. The monoisotopic (exact) mass is 334 g/mol. The highest BCUT2D eigenvalue weighted by molar-refractivity contribution is 5.86. The van der Waals surface area contributed by atoms with Crippen LogP contribution in [-0.4, -0.2) is 47.8 Å². The topological polar surface area (TPSA) is 40.6 Å². The minimum atomic E-state index is -0.268. The van der Waals surface area contributed by atoms with E-state index >= 15 is 0 Å². The van der Waals surface area contributed by atoms with Crippen molar-refractivity contribution in [1.29, 1.82) is 0 Å². The zero-order chi connectivity index (χ0) is 17.2. The van der Waals surface area contributed by atoms with E-state index in [1.807, 2.05) is 18.7 Å². The van der Waals surface area contributed by atoms with Crippen molar-refractivity contribution >= 4 is 11.8 Å². The molecule has 136 valence electrons. The second kappa shape index (κ2) is 7.45. The predicted octanol–water partition coefficient (Wildman–Crippen LogP) is 3.45. The quantitative estimate of drug-likeness (QED) is 0.790. The summed E-state index contributed by atoms with van der Waals surface area (Å²) in [5.74, 6) is 1.40. The van der Waals surface area contributed by atoms with Gasteiger partial charge < -0.3 is 9.80 Å². The lowest BCUT2D eigenvalue weighted by molar-refractivity contribution is -0.146. The average Bonchev–Trinajstić information content (AvgIpc) is 3.01. The SMILES string of the molecule is CC(C)C(=O)N1CC[C@]2(CCCN(CCC3CCCCC3)C2=O)C1. The molecule has 3 rings (SSSR count). The summed E-state index contributed by atoms with van der Waals surface area (Å²) in [7, 11) is 0. The van der Waals surface area contributed by atoms with Crippen molar-refractivity contribution < 1.29 is 9.59 Å². The van der Waals surface area contributed by atoms with Gasteiger partial charge in [-0.3, -0.25) is 9.59 Å². The Morgan fingerprint density at radius 2 is 1.88 bits per heavy atom. The summed E-state index contributed by atoms with van der Waals surface area (Å²) >= 11 is 0. The molecule has 3 aliphatic rings. The van der Waals surface area contributed by atoms with Gasteiger partial charge >= 0.3 is 0 Å². The Morgan fingerprint density at radius 1 is 1.12 bits per heavy atom. The maximum atomic E-state index is 13.1. The Morgan fingerprint density at radius 3 is 2.58 bits per heavy atom. The fraction of sp³-hybridized carbons (Fsp3) is 0.900. The molecule has 1 aliphatic carbocycles. The summed E-state index contributed by atoms with van der Waals surface area (Å²) in [4.78, 5) is 29.5. The molecule has 0 radical (unpaired) electrons. The van der Waals surface area contributed by atoms with Crippen LogP contribution in [-0.2, 0) is 9.59 Å². The van der Waals surface area contributed by atoms with E-state index in [1.165, 1.54) is 38.5 Å². The molecular weight excluding hydrogens is 300 g/mol. The lowest BCUT2D eigenvalue weighted by Crippen LogP contribution is -2.51. The highest BCUT2D eigenvalue weighted by Crippen LogP contribution is 2.40. The molecule has 1 spiro atoms. The van der Waals surface area contributed by atoms with Crippen molar-refractivity contribution in [2.45, 2.75) is 71.6 Å². The van der Waals surface area contributed by atoms with Gasteiger partial charge in [-0.15, -0.1) is 0 Å². The first-order valence-electron chi connectivity index (χ1n) is 10.1. The van der Waals surface area contributed by atoms with Crippen LogP contribution in [0.5, 0.6) is 0 Å². The standard InChI is InChI=1S/C20H34N2O2/c1-16(2)18(23)22-14-11-20(15-22)10-6-12-21(19(20)24)13-9-17-7-4-3-5-8-17/h16-17H,3-15H2,1-2H3/t20-/m1/s1. The lowest BCUT2D eigenvalue weighted by Gasteiger charge is -2.40. The Kier molecular flexibility index (Phi) is 5.51. The van der Waals surface area contributed by atoms with Crippen LogP contribution in [0.1, 0.15) is 71.6 Å². The zero-order valence-corrected chi connectivity index (χ0v) is 15.6. The van der Waals surface area contributed by atoms with E-state index in [1.54, 1.807) is 0 Å². The Bertz CT molecular complexity index is 470. The molecule has 0 unspecified atom stereocenters. The fourth-order valence-corrected chi connectivity index (χ4v) is 4.98. The Hall–Kier alpha value is -1.06. The highest BCUT2D eigenvalue weighted by Gasteiger charge is 2.49. The number of nitrogens with zero attached hydrogens (tertiary/aromatic N) is 2. The Balaban J connectivity index is 1.57. The van der Waals surface area contributed by atoms with E-state index in [9.17, 15) is 9.59 Å². The number of amides is 2. The van der Waals surface area contributed by atoms with E-state index in [4.69, 9.17) is 0 Å². The third-order valence-corrected chi connectivity index (χ3v) is 6.52. The van der Waals surface area contributed by atoms with E-state index < -0.39 is 0 Å². The molecule has 24 heavy (non-hydrogen) atoms. The molecule has 0 bridgehead atoms. The van der Waals surface area contributed by atoms with Gasteiger partial charge in [0.15, 0.2) is 0 Å². The highest BCUT2D eigenvalue weighted by atomic mass is 16.2. The molecular formula is C20H34N2O2. The van der Waals surface area contributed by atoms with Gasteiger partial charge in [-0.05, 0) is 31.6 Å². The summed E-state index contributed by atoms with van der Waals surface area (Å²) in [6.45, 7) is 7.18.